The van der Waals surface area contributed by atoms with E-state index in [4.69, 9.17) is 0 Å². The van der Waals surface area contributed by atoms with Gasteiger partial charge in [-0.15, -0.1) is 0 Å². The van der Waals surface area contributed by atoms with E-state index >= 15 is 0 Å². The van der Waals surface area contributed by atoms with Crippen LogP contribution >= 0.6 is 0 Å². The Labute approximate surface area is 104 Å². The molecule has 0 fully saturated rings. The molecule has 0 unspecified atom stereocenters. The van der Waals surface area contributed by atoms with Crippen LogP contribution in [0, 0.1) is 6.92 Å². The summed E-state index contributed by atoms with van der Waals surface area (Å²) in [5, 5.41) is 3.12. The number of likely N-dealkylation sites (N-methyl/N-ethyl adjacent to an activating group) is 1. The second-order valence-electron chi connectivity index (χ2n) is 4.22. The third-order valence-corrected chi connectivity index (χ3v) is 2.86. The van der Waals surface area contributed by atoms with Gasteiger partial charge in [0, 0.05) is 25.2 Å². The number of aryl methyl sites for hydroxylation is 1. The fourth-order valence-corrected chi connectivity index (χ4v) is 1.88. The number of nitrogens with one attached hydrogen (secondary N) is 1. The molecule has 1 heterocycles. The highest BCUT2D eigenvalue weighted by molar-refractivity contribution is 5.10. The molecule has 1 aromatic rings. The van der Waals surface area contributed by atoms with E-state index in [-0.39, 0.29) is 0 Å². The van der Waals surface area contributed by atoms with Crippen LogP contribution in [0.3, 0.4) is 0 Å². The van der Waals surface area contributed by atoms with Gasteiger partial charge in [-0.25, -0.2) is 9.97 Å². The van der Waals surface area contributed by atoms with Crippen molar-refractivity contribution in [3.8, 4) is 0 Å². The third kappa shape index (κ3) is 4.79. The number of hydrogen-bond donors (Lipinski definition) is 1. The maximum Gasteiger partial charge on any atom is 0.130 e. The van der Waals surface area contributed by atoms with Crippen LogP contribution in [0.15, 0.2) is 6.07 Å². The molecule has 1 rings (SSSR count). The Kier molecular flexibility index (Phi) is 6.08. The molecule has 0 amide bonds. The minimum Gasteiger partial charge on any atom is -0.314 e. The quantitative estimate of drug-likeness (QED) is 0.777. The van der Waals surface area contributed by atoms with E-state index in [2.05, 4.69) is 34.0 Å². The first-order chi connectivity index (χ1) is 8.19. The predicted octanol–water partition coefficient (Wildman–Crippen LogP) is 1.39. The van der Waals surface area contributed by atoms with Crippen molar-refractivity contribution in [2.75, 3.05) is 26.7 Å². The van der Waals surface area contributed by atoms with Crippen molar-refractivity contribution in [3.63, 3.8) is 0 Å². The van der Waals surface area contributed by atoms with Crippen molar-refractivity contribution in [1.82, 2.24) is 20.2 Å². The summed E-state index contributed by atoms with van der Waals surface area (Å²) in [5.41, 5.74) is 2.13. The average Bonchev–Trinajstić information content (AvgIpc) is 2.30. The van der Waals surface area contributed by atoms with Gasteiger partial charge in [0.15, 0.2) is 0 Å². The van der Waals surface area contributed by atoms with Crippen molar-refractivity contribution >= 4 is 0 Å². The van der Waals surface area contributed by atoms with E-state index in [1.165, 1.54) is 0 Å². The highest BCUT2D eigenvalue weighted by atomic mass is 15.1. The second kappa shape index (κ2) is 7.35. The number of aromatic nitrogens is 2. The highest BCUT2D eigenvalue weighted by Gasteiger charge is 2.04. The smallest absolute Gasteiger partial charge is 0.130 e. The van der Waals surface area contributed by atoms with Gasteiger partial charge in [-0.05, 0) is 33.1 Å². The Morgan fingerprint density at radius 1 is 1.24 bits per heavy atom. The van der Waals surface area contributed by atoms with E-state index in [1.807, 2.05) is 20.0 Å². The molecular weight excluding hydrogens is 212 g/mol. The van der Waals surface area contributed by atoms with Crippen molar-refractivity contribution < 1.29 is 0 Å². The Bertz CT molecular complexity index is 334. The van der Waals surface area contributed by atoms with Gasteiger partial charge in [0.2, 0.25) is 0 Å². The lowest BCUT2D eigenvalue weighted by molar-refractivity contribution is 0.305. The lowest BCUT2D eigenvalue weighted by Crippen LogP contribution is -2.26. The highest BCUT2D eigenvalue weighted by Crippen LogP contribution is 2.02. The van der Waals surface area contributed by atoms with Crippen molar-refractivity contribution in [1.29, 1.82) is 0 Å². The van der Waals surface area contributed by atoms with Crippen LogP contribution in [0.2, 0.25) is 0 Å². The maximum atomic E-state index is 4.56. The van der Waals surface area contributed by atoms with Gasteiger partial charge >= 0.3 is 0 Å². The molecule has 0 aliphatic rings. The summed E-state index contributed by atoms with van der Waals surface area (Å²) in [6.07, 6.45) is 0.931. The lowest BCUT2D eigenvalue weighted by Gasteiger charge is -2.17. The van der Waals surface area contributed by atoms with Gasteiger partial charge in [0.25, 0.3) is 0 Å². The molecule has 1 N–H and O–H groups in total. The molecule has 0 spiro atoms. The summed E-state index contributed by atoms with van der Waals surface area (Å²) >= 11 is 0. The van der Waals surface area contributed by atoms with Crippen LogP contribution in [0.1, 0.15) is 31.1 Å². The van der Waals surface area contributed by atoms with Crippen LogP contribution in [-0.4, -0.2) is 41.5 Å². The minimum atomic E-state index is 0.807. The Hall–Kier alpha value is -1.00. The van der Waals surface area contributed by atoms with Crippen LogP contribution in [-0.2, 0) is 13.0 Å². The predicted molar refractivity (Wildman–Crippen MR) is 71.0 cm³/mol. The van der Waals surface area contributed by atoms with Crippen LogP contribution < -0.4 is 5.32 Å². The minimum absolute atomic E-state index is 0.807. The van der Waals surface area contributed by atoms with Crippen molar-refractivity contribution in [2.45, 2.75) is 33.7 Å². The SMILES string of the molecule is CCN(CC)CCc1nc(C)cc(CNC)n1. The van der Waals surface area contributed by atoms with Crippen LogP contribution in [0.4, 0.5) is 0 Å². The molecule has 96 valence electrons. The molecule has 17 heavy (non-hydrogen) atoms. The molecule has 0 bridgehead atoms. The van der Waals surface area contributed by atoms with E-state index < -0.39 is 0 Å². The zero-order valence-corrected chi connectivity index (χ0v) is 11.5. The number of rotatable bonds is 7. The fraction of sp³-hybridized carbons (Fsp3) is 0.692. The van der Waals surface area contributed by atoms with Crippen molar-refractivity contribution in [3.05, 3.63) is 23.3 Å². The summed E-state index contributed by atoms with van der Waals surface area (Å²) < 4.78 is 0. The summed E-state index contributed by atoms with van der Waals surface area (Å²) in [6.45, 7) is 10.4. The van der Waals surface area contributed by atoms with Gasteiger partial charge < -0.3 is 10.2 Å². The maximum absolute atomic E-state index is 4.56. The molecule has 4 heteroatoms. The fourth-order valence-electron chi connectivity index (χ4n) is 1.88. The Balaban J connectivity index is 2.63. The molecule has 0 aliphatic heterocycles. The zero-order chi connectivity index (χ0) is 12.7. The van der Waals surface area contributed by atoms with Crippen LogP contribution in [0.25, 0.3) is 0 Å². The average molecular weight is 236 g/mol. The summed E-state index contributed by atoms with van der Waals surface area (Å²) in [4.78, 5) is 11.4. The van der Waals surface area contributed by atoms with Gasteiger partial charge in [0.05, 0.1) is 5.69 Å². The van der Waals surface area contributed by atoms with Crippen LogP contribution in [0.5, 0.6) is 0 Å². The molecule has 0 atom stereocenters. The Morgan fingerprint density at radius 2 is 1.94 bits per heavy atom. The summed E-state index contributed by atoms with van der Waals surface area (Å²) in [7, 11) is 1.94. The lowest BCUT2D eigenvalue weighted by atomic mass is 10.3. The molecular formula is C13H24N4. The summed E-state index contributed by atoms with van der Waals surface area (Å²) in [6, 6.07) is 2.04. The normalized spacial score (nSPS) is 11.1. The zero-order valence-electron chi connectivity index (χ0n) is 11.5. The molecule has 0 saturated carbocycles. The molecule has 0 aromatic carbocycles. The van der Waals surface area contributed by atoms with Gasteiger partial charge in [-0.2, -0.15) is 0 Å². The first-order valence-electron chi connectivity index (χ1n) is 6.40. The topological polar surface area (TPSA) is 41.1 Å². The van der Waals surface area contributed by atoms with Crippen molar-refractivity contribution in [2.24, 2.45) is 0 Å². The van der Waals surface area contributed by atoms with E-state index in [1.54, 1.807) is 0 Å². The van der Waals surface area contributed by atoms with Gasteiger partial charge in [-0.3, -0.25) is 0 Å². The Morgan fingerprint density at radius 3 is 2.53 bits per heavy atom. The third-order valence-electron chi connectivity index (χ3n) is 2.86. The molecule has 0 radical (unpaired) electrons. The second-order valence-corrected chi connectivity index (χ2v) is 4.22. The first-order valence-corrected chi connectivity index (χ1v) is 6.40. The van der Waals surface area contributed by atoms with E-state index in [9.17, 15) is 0 Å². The molecule has 0 aliphatic carbocycles. The summed E-state index contributed by atoms with van der Waals surface area (Å²) in [5.74, 6) is 0.960. The number of nitrogens with zero attached hydrogens (tertiary/aromatic N) is 3. The monoisotopic (exact) mass is 236 g/mol. The standard InChI is InChI=1S/C13H24N4/c1-5-17(6-2)8-7-13-15-11(3)9-12(16-13)10-14-4/h9,14H,5-8,10H2,1-4H3. The molecule has 4 nitrogen and oxygen atoms in total. The van der Waals surface area contributed by atoms with E-state index in [0.717, 1.165) is 49.8 Å². The number of hydrogen-bond acceptors (Lipinski definition) is 4. The first kappa shape index (κ1) is 14.1. The molecule has 1 aromatic heterocycles. The molecule has 0 saturated heterocycles. The van der Waals surface area contributed by atoms with E-state index in [0.29, 0.717) is 0 Å². The van der Waals surface area contributed by atoms with Gasteiger partial charge in [0.1, 0.15) is 5.82 Å². The largest absolute Gasteiger partial charge is 0.314 e. The van der Waals surface area contributed by atoms with Gasteiger partial charge in [-0.1, -0.05) is 13.8 Å².